The second-order valence-corrected chi connectivity index (χ2v) is 7.06. The molecule has 3 rings (SSSR count). The van der Waals surface area contributed by atoms with E-state index >= 15 is 0 Å². The van der Waals surface area contributed by atoms with Crippen LogP contribution in [0.25, 0.3) is 10.6 Å². The standard InChI is InChI=1S/C21H21FN2O2S/c1-15-19(27-21(24-15)16-7-3-2-4-8-16)20(25)23-13-5-6-14-26-18-11-9-17(22)10-12-18/h2-4,7-12H,5-6,13-14H2,1H3,(H,23,25). The fourth-order valence-corrected chi connectivity index (χ4v) is 3.53. The van der Waals surface area contributed by atoms with Gasteiger partial charge in [-0.15, -0.1) is 11.3 Å². The summed E-state index contributed by atoms with van der Waals surface area (Å²) in [5, 5.41) is 3.79. The number of thiazole rings is 1. The number of carbonyl (C=O) groups is 1. The van der Waals surface area contributed by atoms with Crippen molar-refractivity contribution in [1.29, 1.82) is 0 Å². The van der Waals surface area contributed by atoms with Crippen molar-refractivity contribution in [2.24, 2.45) is 0 Å². The van der Waals surface area contributed by atoms with Crippen LogP contribution in [0.5, 0.6) is 5.75 Å². The molecule has 140 valence electrons. The van der Waals surface area contributed by atoms with Gasteiger partial charge in [-0.25, -0.2) is 9.37 Å². The first kappa shape index (κ1) is 19.0. The molecule has 0 aliphatic heterocycles. The van der Waals surface area contributed by atoms with Crippen LogP contribution in [-0.2, 0) is 0 Å². The molecular formula is C21H21FN2O2S. The number of amides is 1. The maximum atomic E-state index is 12.8. The molecule has 0 spiro atoms. The summed E-state index contributed by atoms with van der Waals surface area (Å²) in [5.41, 5.74) is 1.76. The van der Waals surface area contributed by atoms with Crippen molar-refractivity contribution in [3.63, 3.8) is 0 Å². The fourth-order valence-electron chi connectivity index (χ4n) is 2.54. The quantitative estimate of drug-likeness (QED) is 0.565. The summed E-state index contributed by atoms with van der Waals surface area (Å²) in [5.74, 6) is 0.277. The average molecular weight is 384 g/mol. The topological polar surface area (TPSA) is 51.2 Å². The molecule has 0 aliphatic carbocycles. The second kappa shape index (κ2) is 9.28. The van der Waals surface area contributed by atoms with Gasteiger partial charge in [0, 0.05) is 12.1 Å². The van der Waals surface area contributed by atoms with Gasteiger partial charge in [-0.3, -0.25) is 4.79 Å². The lowest BCUT2D eigenvalue weighted by atomic mass is 10.2. The van der Waals surface area contributed by atoms with E-state index in [4.69, 9.17) is 4.74 Å². The maximum Gasteiger partial charge on any atom is 0.263 e. The highest BCUT2D eigenvalue weighted by atomic mass is 32.1. The molecule has 0 aliphatic rings. The van der Waals surface area contributed by atoms with Gasteiger partial charge in [0.15, 0.2) is 0 Å². The first-order valence-corrected chi connectivity index (χ1v) is 9.64. The van der Waals surface area contributed by atoms with Crippen LogP contribution in [0.2, 0.25) is 0 Å². The number of nitrogens with zero attached hydrogens (tertiary/aromatic N) is 1. The van der Waals surface area contributed by atoms with Crippen LogP contribution in [0.15, 0.2) is 54.6 Å². The first-order chi connectivity index (χ1) is 13.1. The molecule has 27 heavy (non-hydrogen) atoms. The number of unbranched alkanes of at least 4 members (excludes halogenated alkanes) is 1. The third-order valence-corrected chi connectivity index (χ3v) is 5.17. The second-order valence-electron chi connectivity index (χ2n) is 6.06. The van der Waals surface area contributed by atoms with Crippen LogP contribution in [0.3, 0.4) is 0 Å². The van der Waals surface area contributed by atoms with Crippen molar-refractivity contribution in [2.45, 2.75) is 19.8 Å². The van der Waals surface area contributed by atoms with Crippen LogP contribution < -0.4 is 10.1 Å². The zero-order chi connectivity index (χ0) is 19.1. The van der Waals surface area contributed by atoms with Gasteiger partial charge < -0.3 is 10.1 Å². The summed E-state index contributed by atoms with van der Waals surface area (Å²) in [6.07, 6.45) is 1.60. The van der Waals surface area contributed by atoms with Gasteiger partial charge in [-0.1, -0.05) is 30.3 Å². The summed E-state index contributed by atoms with van der Waals surface area (Å²) in [6.45, 7) is 2.96. The number of benzene rings is 2. The first-order valence-electron chi connectivity index (χ1n) is 8.83. The Hall–Kier alpha value is -2.73. The van der Waals surface area contributed by atoms with E-state index in [0.717, 1.165) is 29.1 Å². The smallest absolute Gasteiger partial charge is 0.263 e. The molecule has 1 aromatic heterocycles. The van der Waals surface area contributed by atoms with Gasteiger partial charge in [-0.2, -0.15) is 0 Å². The molecule has 1 heterocycles. The van der Waals surface area contributed by atoms with Crippen LogP contribution in [0.1, 0.15) is 28.2 Å². The van der Waals surface area contributed by atoms with Gasteiger partial charge in [0.05, 0.1) is 12.3 Å². The number of nitrogens with one attached hydrogen (secondary N) is 1. The fraction of sp³-hybridized carbons (Fsp3) is 0.238. The van der Waals surface area contributed by atoms with Crippen LogP contribution in [0.4, 0.5) is 4.39 Å². The zero-order valence-corrected chi connectivity index (χ0v) is 15.9. The van der Waals surface area contributed by atoms with Crippen molar-refractivity contribution in [3.05, 3.63) is 71.0 Å². The summed E-state index contributed by atoms with van der Waals surface area (Å²) >= 11 is 1.41. The van der Waals surface area contributed by atoms with Crippen LogP contribution in [0, 0.1) is 12.7 Å². The Balaban J connectivity index is 1.42. The van der Waals surface area contributed by atoms with E-state index in [1.54, 1.807) is 12.1 Å². The Morgan fingerprint density at radius 1 is 1.11 bits per heavy atom. The normalized spacial score (nSPS) is 10.6. The molecule has 0 atom stereocenters. The highest BCUT2D eigenvalue weighted by Crippen LogP contribution is 2.27. The van der Waals surface area contributed by atoms with Crippen molar-refractivity contribution in [1.82, 2.24) is 10.3 Å². The Labute approximate surface area is 162 Å². The third kappa shape index (κ3) is 5.37. The monoisotopic (exact) mass is 384 g/mol. The molecule has 0 bridgehead atoms. The zero-order valence-electron chi connectivity index (χ0n) is 15.1. The van der Waals surface area contributed by atoms with Crippen LogP contribution >= 0.6 is 11.3 Å². The van der Waals surface area contributed by atoms with Gasteiger partial charge >= 0.3 is 0 Å². The molecule has 1 N–H and O–H groups in total. The molecule has 0 unspecified atom stereocenters. The number of ether oxygens (including phenoxy) is 1. The number of hydrogen-bond donors (Lipinski definition) is 1. The van der Waals surface area contributed by atoms with Crippen molar-refractivity contribution >= 4 is 17.2 Å². The van der Waals surface area contributed by atoms with Gasteiger partial charge in [-0.05, 0) is 44.0 Å². The van der Waals surface area contributed by atoms with E-state index in [-0.39, 0.29) is 11.7 Å². The summed E-state index contributed by atoms with van der Waals surface area (Å²) in [6, 6.07) is 15.8. The molecule has 2 aromatic carbocycles. The van der Waals surface area contributed by atoms with E-state index in [9.17, 15) is 9.18 Å². The molecule has 4 nitrogen and oxygen atoms in total. The lowest BCUT2D eigenvalue weighted by Crippen LogP contribution is -2.24. The van der Waals surface area contributed by atoms with Crippen molar-refractivity contribution in [3.8, 4) is 16.3 Å². The third-order valence-electron chi connectivity index (χ3n) is 3.96. The lowest BCUT2D eigenvalue weighted by molar-refractivity contribution is 0.0955. The molecule has 6 heteroatoms. The van der Waals surface area contributed by atoms with E-state index in [1.807, 2.05) is 37.3 Å². The minimum Gasteiger partial charge on any atom is -0.494 e. The summed E-state index contributed by atoms with van der Waals surface area (Å²) in [4.78, 5) is 17.5. The Morgan fingerprint density at radius 2 is 1.85 bits per heavy atom. The Bertz CT molecular complexity index is 879. The van der Waals surface area contributed by atoms with E-state index in [0.29, 0.717) is 23.8 Å². The lowest BCUT2D eigenvalue weighted by Gasteiger charge is -2.07. The SMILES string of the molecule is Cc1nc(-c2ccccc2)sc1C(=O)NCCCCOc1ccc(F)cc1. The minimum absolute atomic E-state index is 0.0911. The number of halogens is 1. The predicted octanol–water partition coefficient (Wildman–Crippen LogP) is 4.85. The van der Waals surface area contributed by atoms with E-state index in [2.05, 4.69) is 10.3 Å². The van der Waals surface area contributed by atoms with Crippen molar-refractivity contribution < 1.29 is 13.9 Å². The molecule has 0 saturated carbocycles. The number of rotatable bonds is 8. The van der Waals surface area contributed by atoms with Gasteiger partial charge in [0.25, 0.3) is 5.91 Å². The summed E-state index contributed by atoms with van der Waals surface area (Å²) < 4.78 is 18.4. The summed E-state index contributed by atoms with van der Waals surface area (Å²) in [7, 11) is 0. The van der Waals surface area contributed by atoms with Gasteiger partial charge in [0.2, 0.25) is 0 Å². The number of hydrogen-bond acceptors (Lipinski definition) is 4. The Kier molecular flexibility index (Phi) is 6.54. The molecule has 1 amide bonds. The minimum atomic E-state index is -0.279. The highest BCUT2D eigenvalue weighted by Gasteiger charge is 2.15. The predicted molar refractivity (Wildman–Crippen MR) is 106 cm³/mol. The van der Waals surface area contributed by atoms with E-state index in [1.165, 1.54) is 23.5 Å². The van der Waals surface area contributed by atoms with Crippen LogP contribution in [-0.4, -0.2) is 24.0 Å². The number of carbonyl (C=O) groups excluding carboxylic acids is 1. The largest absolute Gasteiger partial charge is 0.494 e. The molecular weight excluding hydrogens is 363 g/mol. The molecule has 0 fully saturated rings. The molecule has 0 radical (unpaired) electrons. The molecule has 0 saturated heterocycles. The highest BCUT2D eigenvalue weighted by molar-refractivity contribution is 7.17. The number of aromatic nitrogens is 1. The van der Waals surface area contributed by atoms with E-state index < -0.39 is 0 Å². The average Bonchev–Trinajstić information content (AvgIpc) is 3.08. The van der Waals surface area contributed by atoms with Gasteiger partial charge in [0.1, 0.15) is 21.5 Å². The Morgan fingerprint density at radius 3 is 2.59 bits per heavy atom. The maximum absolute atomic E-state index is 12.8. The molecule has 3 aromatic rings. The van der Waals surface area contributed by atoms with Crippen molar-refractivity contribution in [2.75, 3.05) is 13.2 Å². The number of aryl methyl sites for hydroxylation is 1.